The molecule has 0 radical (unpaired) electrons. The van der Waals surface area contributed by atoms with Gasteiger partial charge in [-0.3, -0.25) is 0 Å². The molecule has 1 heterocycles. The standard InChI is InChI=1S/C13H14N2O4S/c1-2-18-11-5-7-13(8-6-11)20(16,17)15-14-10-12-4-3-9-19-12/h3-10,15H,2H2,1H3. The first kappa shape index (κ1) is 14.1. The molecular formula is C13H14N2O4S. The minimum atomic E-state index is -3.69. The Hall–Kier alpha value is -2.28. The zero-order valence-electron chi connectivity index (χ0n) is 10.8. The lowest BCUT2D eigenvalue weighted by Gasteiger charge is -2.05. The topological polar surface area (TPSA) is 80.9 Å². The third kappa shape index (κ3) is 3.61. The van der Waals surface area contributed by atoms with Crippen LogP contribution < -0.4 is 9.57 Å². The lowest BCUT2D eigenvalue weighted by Crippen LogP contribution is -2.18. The van der Waals surface area contributed by atoms with E-state index in [1.807, 2.05) is 6.92 Å². The molecule has 6 nitrogen and oxygen atoms in total. The molecule has 0 saturated carbocycles. The number of rotatable bonds is 6. The number of hydrogen-bond acceptors (Lipinski definition) is 5. The Morgan fingerprint density at radius 2 is 2.05 bits per heavy atom. The number of ether oxygens (including phenoxy) is 1. The van der Waals surface area contributed by atoms with Gasteiger partial charge in [0.25, 0.3) is 10.0 Å². The van der Waals surface area contributed by atoms with Crippen LogP contribution in [-0.4, -0.2) is 21.2 Å². The Morgan fingerprint density at radius 1 is 1.30 bits per heavy atom. The monoisotopic (exact) mass is 294 g/mol. The van der Waals surface area contributed by atoms with Crippen molar-refractivity contribution in [1.29, 1.82) is 0 Å². The summed E-state index contributed by atoms with van der Waals surface area (Å²) in [7, 11) is -3.69. The molecule has 0 aliphatic heterocycles. The zero-order valence-corrected chi connectivity index (χ0v) is 11.6. The molecule has 0 spiro atoms. The summed E-state index contributed by atoms with van der Waals surface area (Å²) >= 11 is 0. The Bertz CT molecular complexity index is 661. The van der Waals surface area contributed by atoms with Gasteiger partial charge in [0, 0.05) is 0 Å². The van der Waals surface area contributed by atoms with Crippen LogP contribution in [-0.2, 0) is 10.0 Å². The fraction of sp³-hybridized carbons (Fsp3) is 0.154. The predicted octanol–water partition coefficient (Wildman–Crippen LogP) is 1.99. The van der Waals surface area contributed by atoms with E-state index >= 15 is 0 Å². The molecule has 0 aliphatic rings. The summed E-state index contributed by atoms with van der Waals surface area (Å²) in [6, 6.07) is 9.44. The minimum Gasteiger partial charge on any atom is -0.494 e. The number of furan rings is 1. The van der Waals surface area contributed by atoms with Crippen LogP contribution in [0.2, 0.25) is 0 Å². The zero-order chi connectivity index (χ0) is 14.4. The molecule has 1 aromatic heterocycles. The van der Waals surface area contributed by atoms with Gasteiger partial charge in [0.05, 0.1) is 24.0 Å². The third-order valence-corrected chi connectivity index (χ3v) is 3.59. The Morgan fingerprint density at radius 3 is 2.65 bits per heavy atom. The minimum absolute atomic E-state index is 0.109. The molecular weight excluding hydrogens is 280 g/mol. The first-order valence-electron chi connectivity index (χ1n) is 5.93. The number of hydrogen-bond donors (Lipinski definition) is 1. The van der Waals surface area contributed by atoms with E-state index in [2.05, 4.69) is 9.93 Å². The van der Waals surface area contributed by atoms with E-state index in [0.717, 1.165) is 0 Å². The molecule has 0 fully saturated rings. The molecule has 0 unspecified atom stereocenters. The van der Waals surface area contributed by atoms with Crippen LogP contribution in [0, 0.1) is 0 Å². The van der Waals surface area contributed by atoms with Crippen molar-refractivity contribution in [2.45, 2.75) is 11.8 Å². The van der Waals surface area contributed by atoms with E-state index in [1.54, 1.807) is 24.3 Å². The van der Waals surface area contributed by atoms with Gasteiger partial charge >= 0.3 is 0 Å². The molecule has 1 N–H and O–H groups in total. The molecule has 2 aromatic rings. The molecule has 0 amide bonds. The fourth-order valence-electron chi connectivity index (χ4n) is 1.46. The van der Waals surface area contributed by atoms with Crippen LogP contribution >= 0.6 is 0 Å². The molecule has 1 aromatic carbocycles. The van der Waals surface area contributed by atoms with Gasteiger partial charge in [-0.05, 0) is 43.3 Å². The largest absolute Gasteiger partial charge is 0.494 e. The highest BCUT2D eigenvalue weighted by molar-refractivity contribution is 7.89. The summed E-state index contributed by atoms with van der Waals surface area (Å²) < 4.78 is 34.1. The van der Waals surface area contributed by atoms with E-state index in [0.29, 0.717) is 18.1 Å². The quantitative estimate of drug-likeness (QED) is 0.652. The van der Waals surface area contributed by atoms with Crippen molar-refractivity contribution in [3.05, 3.63) is 48.4 Å². The maximum absolute atomic E-state index is 11.9. The second-order valence-electron chi connectivity index (χ2n) is 3.77. The first-order valence-corrected chi connectivity index (χ1v) is 7.41. The van der Waals surface area contributed by atoms with E-state index in [4.69, 9.17) is 9.15 Å². The molecule has 7 heteroatoms. The molecule has 106 valence electrons. The van der Waals surface area contributed by atoms with E-state index in [1.165, 1.54) is 24.6 Å². The molecule has 0 bridgehead atoms. The Kier molecular flexibility index (Phi) is 4.41. The van der Waals surface area contributed by atoms with E-state index in [9.17, 15) is 8.42 Å². The van der Waals surface area contributed by atoms with E-state index in [-0.39, 0.29) is 4.90 Å². The molecule has 0 saturated heterocycles. The van der Waals surface area contributed by atoms with Crippen molar-refractivity contribution >= 4 is 16.2 Å². The van der Waals surface area contributed by atoms with Gasteiger partial charge in [-0.1, -0.05) is 0 Å². The highest BCUT2D eigenvalue weighted by Crippen LogP contribution is 2.15. The maximum atomic E-state index is 11.9. The second-order valence-corrected chi connectivity index (χ2v) is 5.43. The van der Waals surface area contributed by atoms with Gasteiger partial charge in [-0.25, -0.2) is 0 Å². The van der Waals surface area contributed by atoms with Gasteiger partial charge in [0.1, 0.15) is 11.5 Å². The van der Waals surface area contributed by atoms with Crippen molar-refractivity contribution in [3.8, 4) is 5.75 Å². The first-order chi connectivity index (χ1) is 9.62. The number of hydrazone groups is 1. The van der Waals surface area contributed by atoms with Crippen molar-refractivity contribution < 1.29 is 17.6 Å². The summed E-state index contributed by atoms with van der Waals surface area (Å²) in [6.07, 6.45) is 2.76. The average molecular weight is 294 g/mol. The van der Waals surface area contributed by atoms with Gasteiger partial charge in [0.2, 0.25) is 0 Å². The Balaban J connectivity index is 2.06. The lowest BCUT2D eigenvalue weighted by atomic mass is 10.3. The van der Waals surface area contributed by atoms with Crippen molar-refractivity contribution in [2.75, 3.05) is 6.61 Å². The van der Waals surface area contributed by atoms with Crippen molar-refractivity contribution in [1.82, 2.24) is 4.83 Å². The fourth-order valence-corrected chi connectivity index (χ4v) is 2.25. The SMILES string of the molecule is CCOc1ccc(S(=O)(=O)NN=Cc2ccco2)cc1. The highest BCUT2D eigenvalue weighted by atomic mass is 32.2. The summed E-state index contributed by atoms with van der Waals surface area (Å²) in [5.74, 6) is 1.07. The van der Waals surface area contributed by atoms with Crippen LogP contribution in [0.5, 0.6) is 5.75 Å². The average Bonchev–Trinajstić information content (AvgIpc) is 2.93. The van der Waals surface area contributed by atoms with E-state index < -0.39 is 10.0 Å². The van der Waals surface area contributed by atoms with Crippen LogP contribution in [0.15, 0.2) is 57.1 Å². The van der Waals surface area contributed by atoms with Crippen LogP contribution in [0.3, 0.4) is 0 Å². The van der Waals surface area contributed by atoms with Crippen molar-refractivity contribution in [3.63, 3.8) is 0 Å². The second kappa shape index (κ2) is 6.25. The van der Waals surface area contributed by atoms with Crippen molar-refractivity contribution in [2.24, 2.45) is 5.10 Å². The number of benzene rings is 1. The van der Waals surface area contributed by atoms with Gasteiger partial charge < -0.3 is 9.15 Å². The lowest BCUT2D eigenvalue weighted by molar-refractivity contribution is 0.340. The van der Waals surface area contributed by atoms with Gasteiger partial charge in [0.15, 0.2) is 0 Å². The summed E-state index contributed by atoms with van der Waals surface area (Å²) in [5, 5.41) is 3.63. The molecule has 0 atom stereocenters. The predicted molar refractivity (Wildman–Crippen MR) is 74.2 cm³/mol. The number of nitrogens with one attached hydrogen (secondary N) is 1. The third-order valence-electron chi connectivity index (χ3n) is 2.35. The van der Waals surface area contributed by atoms with Gasteiger partial charge in [-0.2, -0.15) is 18.4 Å². The molecule has 0 aliphatic carbocycles. The number of nitrogens with zero attached hydrogens (tertiary/aromatic N) is 1. The summed E-state index contributed by atoms with van der Waals surface area (Å²) in [5.41, 5.74) is 0. The van der Waals surface area contributed by atoms with Gasteiger partial charge in [-0.15, -0.1) is 0 Å². The van der Waals surface area contributed by atoms with Crippen LogP contribution in [0.1, 0.15) is 12.7 Å². The normalized spacial score (nSPS) is 11.7. The summed E-state index contributed by atoms with van der Waals surface area (Å²) in [6.45, 7) is 2.38. The number of sulfonamides is 1. The smallest absolute Gasteiger partial charge is 0.276 e. The molecule has 2 rings (SSSR count). The van der Waals surface area contributed by atoms with Crippen LogP contribution in [0.25, 0.3) is 0 Å². The maximum Gasteiger partial charge on any atom is 0.276 e. The molecule has 20 heavy (non-hydrogen) atoms. The Labute approximate surface area is 117 Å². The summed E-state index contributed by atoms with van der Waals surface area (Å²) in [4.78, 5) is 2.21. The highest BCUT2D eigenvalue weighted by Gasteiger charge is 2.12. The van der Waals surface area contributed by atoms with Crippen LogP contribution in [0.4, 0.5) is 0 Å².